The van der Waals surface area contributed by atoms with E-state index in [1.165, 1.54) is 0 Å². The van der Waals surface area contributed by atoms with Gasteiger partial charge in [0.25, 0.3) is 0 Å². The van der Waals surface area contributed by atoms with Gasteiger partial charge in [-0.05, 0) is 30.5 Å². The van der Waals surface area contributed by atoms with Crippen LogP contribution in [0.1, 0.15) is 17.5 Å². The van der Waals surface area contributed by atoms with Crippen molar-refractivity contribution in [2.75, 3.05) is 0 Å². The third-order valence-corrected chi connectivity index (χ3v) is 2.31. The first-order valence-corrected chi connectivity index (χ1v) is 4.38. The number of aromatic hydroxyl groups is 1. The van der Waals surface area contributed by atoms with Crippen molar-refractivity contribution in [2.45, 2.75) is 19.8 Å². The predicted molar refractivity (Wildman–Crippen MR) is 51.8 cm³/mol. The topological polar surface area (TPSA) is 44.0 Å². The molecule has 0 bridgehead atoms. The smallest absolute Gasteiger partial charge is 0.134 e. The van der Waals surface area contributed by atoms with E-state index in [1.54, 1.807) is 6.07 Å². The molecule has 1 aromatic carbocycles. The zero-order valence-corrected chi connectivity index (χ0v) is 8.10. The molecule has 0 saturated heterocycles. The molecule has 0 unspecified atom stereocenters. The maximum Gasteiger partial charge on any atom is 0.134 e. The maximum atomic E-state index is 9.37. The molecule has 1 rings (SSSR count). The Morgan fingerprint density at radius 1 is 1.54 bits per heavy atom. The number of benzene rings is 1. The lowest BCUT2D eigenvalue weighted by molar-refractivity contribution is 0.474. The van der Waals surface area contributed by atoms with Crippen molar-refractivity contribution in [3.63, 3.8) is 0 Å². The molecule has 0 radical (unpaired) electrons. The van der Waals surface area contributed by atoms with Crippen LogP contribution in [0, 0.1) is 18.3 Å². The molecule has 3 heteroatoms. The molecule has 0 aliphatic rings. The van der Waals surface area contributed by atoms with Crippen LogP contribution in [0.4, 0.5) is 0 Å². The Morgan fingerprint density at radius 2 is 2.23 bits per heavy atom. The number of rotatable bonds is 2. The molecule has 0 saturated carbocycles. The molecule has 2 nitrogen and oxygen atoms in total. The molecule has 0 amide bonds. The lowest BCUT2D eigenvalue weighted by Gasteiger charge is -2.04. The van der Waals surface area contributed by atoms with E-state index < -0.39 is 0 Å². The SMILES string of the molecule is Cc1cc(CCC#N)cc(O)c1Cl. The fourth-order valence-corrected chi connectivity index (χ4v) is 1.28. The molecule has 0 aliphatic carbocycles. The van der Waals surface area contributed by atoms with Crippen molar-refractivity contribution < 1.29 is 5.11 Å². The molecule has 0 aliphatic heterocycles. The number of hydrogen-bond acceptors (Lipinski definition) is 2. The molecule has 68 valence electrons. The molecule has 0 heterocycles. The van der Waals surface area contributed by atoms with Gasteiger partial charge in [0.2, 0.25) is 0 Å². The summed E-state index contributed by atoms with van der Waals surface area (Å²) in [4.78, 5) is 0. The van der Waals surface area contributed by atoms with Crippen LogP contribution in [-0.4, -0.2) is 5.11 Å². The van der Waals surface area contributed by atoms with Crippen molar-refractivity contribution in [3.8, 4) is 11.8 Å². The lowest BCUT2D eigenvalue weighted by Crippen LogP contribution is -1.86. The largest absolute Gasteiger partial charge is 0.506 e. The Kier molecular flexibility index (Phi) is 3.16. The minimum absolute atomic E-state index is 0.0922. The van der Waals surface area contributed by atoms with Gasteiger partial charge in [-0.1, -0.05) is 17.7 Å². The van der Waals surface area contributed by atoms with E-state index in [4.69, 9.17) is 16.9 Å². The van der Waals surface area contributed by atoms with Crippen LogP contribution in [0.3, 0.4) is 0 Å². The molecule has 0 fully saturated rings. The minimum Gasteiger partial charge on any atom is -0.506 e. The van der Waals surface area contributed by atoms with E-state index in [9.17, 15) is 5.11 Å². The van der Waals surface area contributed by atoms with Crippen LogP contribution in [0.25, 0.3) is 0 Å². The van der Waals surface area contributed by atoms with Crippen LogP contribution in [-0.2, 0) is 6.42 Å². The molecular formula is C10H10ClNO. The second-order valence-electron chi connectivity index (χ2n) is 2.90. The molecule has 1 aromatic rings. The van der Waals surface area contributed by atoms with Gasteiger partial charge >= 0.3 is 0 Å². The zero-order valence-electron chi connectivity index (χ0n) is 7.34. The van der Waals surface area contributed by atoms with E-state index in [1.807, 2.05) is 13.0 Å². The number of phenols is 1. The summed E-state index contributed by atoms with van der Waals surface area (Å²) in [6.07, 6.45) is 1.11. The monoisotopic (exact) mass is 195 g/mol. The second kappa shape index (κ2) is 4.15. The Bertz CT molecular complexity index is 331. The zero-order chi connectivity index (χ0) is 9.84. The van der Waals surface area contributed by atoms with Gasteiger partial charge < -0.3 is 5.11 Å². The van der Waals surface area contributed by atoms with Crippen molar-refractivity contribution in [3.05, 3.63) is 28.3 Å². The summed E-state index contributed by atoms with van der Waals surface area (Å²) in [5, 5.41) is 18.1. The summed E-state index contributed by atoms with van der Waals surface area (Å²) in [6.45, 7) is 1.83. The first-order chi connectivity index (χ1) is 6.15. The summed E-state index contributed by atoms with van der Waals surface area (Å²) in [5.41, 5.74) is 1.79. The third-order valence-electron chi connectivity index (χ3n) is 1.82. The Hall–Kier alpha value is -1.20. The van der Waals surface area contributed by atoms with E-state index in [2.05, 4.69) is 6.07 Å². The number of hydrogen-bond donors (Lipinski definition) is 1. The second-order valence-corrected chi connectivity index (χ2v) is 3.28. The Labute approximate surface area is 82.4 Å². The number of aryl methyl sites for hydroxylation is 2. The van der Waals surface area contributed by atoms with E-state index >= 15 is 0 Å². The summed E-state index contributed by atoms with van der Waals surface area (Å²) in [6, 6.07) is 5.55. The lowest BCUT2D eigenvalue weighted by atomic mass is 10.1. The molecule has 0 aromatic heterocycles. The van der Waals surface area contributed by atoms with Gasteiger partial charge in [0, 0.05) is 6.42 Å². The quantitative estimate of drug-likeness (QED) is 0.789. The first kappa shape index (κ1) is 9.88. The molecular weight excluding hydrogens is 186 g/mol. The number of nitriles is 1. The summed E-state index contributed by atoms with van der Waals surface area (Å²) < 4.78 is 0. The van der Waals surface area contributed by atoms with Crippen LogP contribution in [0.2, 0.25) is 5.02 Å². The van der Waals surface area contributed by atoms with Crippen molar-refractivity contribution in [1.82, 2.24) is 0 Å². The standard InChI is InChI=1S/C10H10ClNO/c1-7-5-8(3-2-4-12)6-9(13)10(7)11/h5-6,13H,2-3H2,1H3. The van der Waals surface area contributed by atoms with Crippen molar-refractivity contribution in [2.24, 2.45) is 0 Å². The van der Waals surface area contributed by atoms with Crippen LogP contribution in [0.5, 0.6) is 5.75 Å². The van der Waals surface area contributed by atoms with E-state index in [0.717, 1.165) is 11.1 Å². The third kappa shape index (κ3) is 2.37. The predicted octanol–water partition coefficient (Wildman–Crippen LogP) is 2.81. The normalized spacial score (nSPS) is 9.62. The summed E-state index contributed by atoms with van der Waals surface area (Å²) in [7, 11) is 0. The minimum atomic E-state index is 0.0922. The number of halogens is 1. The highest BCUT2D eigenvalue weighted by Crippen LogP contribution is 2.28. The maximum absolute atomic E-state index is 9.37. The van der Waals surface area contributed by atoms with E-state index in [0.29, 0.717) is 17.9 Å². The molecule has 0 spiro atoms. The van der Waals surface area contributed by atoms with Gasteiger partial charge in [-0.15, -0.1) is 0 Å². The van der Waals surface area contributed by atoms with Crippen LogP contribution >= 0.6 is 11.6 Å². The highest BCUT2D eigenvalue weighted by Gasteiger charge is 2.04. The van der Waals surface area contributed by atoms with Crippen LogP contribution in [0.15, 0.2) is 12.1 Å². The Balaban J connectivity index is 2.94. The molecule has 1 N–H and O–H groups in total. The van der Waals surface area contributed by atoms with Gasteiger partial charge in [0.1, 0.15) is 5.75 Å². The number of phenolic OH excluding ortho intramolecular Hbond substituents is 1. The first-order valence-electron chi connectivity index (χ1n) is 4.00. The fourth-order valence-electron chi connectivity index (χ4n) is 1.17. The van der Waals surface area contributed by atoms with Gasteiger partial charge in [0.05, 0.1) is 11.1 Å². The highest BCUT2D eigenvalue weighted by molar-refractivity contribution is 6.32. The van der Waals surface area contributed by atoms with Crippen molar-refractivity contribution in [1.29, 1.82) is 5.26 Å². The van der Waals surface area contributed by atoms with Crippen LogP contribution < -0.4 is 0 Å². The summed E-state index contributed by atoms with van der Waals surface area (Å²) >= 11 is 5.77. The molecule has 0 atom stereocenters. The fraction of sp³-hybridized carbons (Fsp3) is 0.300. The average Bonchev–Trinajstić information content (AvgIpc) is 2.10. The summed E-state index contributed by atoms with van der Waals surface area (Å²) in [5.74, 6) is 0.0922. The van der Waals surface area contributed by atoms with Crippen molar-refractivity contribution >= 4 is 11.6 Å². The highest BCUT2D eigenvalue weighted by atomic mass is 35.5. The van der Waals surface area contributed by atoms with Gasteiger partial charge in [-0.25, -0.2) is 0 Å². The molecule has 13 heavy (non-hydrogen) atoms. The van der Waals surface area contributed by atoms with Gasteiger partial charge in [0.15, 0.2) is 0 Å². The number of nitrogens with zero attached hydrogens (tertiary/aromatic N) is 1. The average molecular weight is 196 g/mol. The Morgan fingerprint density at radius 3 is 2.77 bits per heavy atom. The van der Waals surface area contributed by atoms with Gasteiger partial charge in [-0.2, -0.15) is 5.26 Å². The van der Waals surface area contributed by atoms with E-state index in [-0.39, 0.29) is 5.75 Å². The van der Waals surface area contributed by atoms with Gasteiger partial charge in [-0.3, -0.25) is 0 Å².